The van der Waals surface area contributed by atoms with E-state index in [1.165, 1.54) is 11.6 Å². The molecule has 1 saturated heterocycles. The third kappa shape index (κ3) is 3.46. The minimum atomic E-state index is -0.0430. The van der Waals surface area contributed by atoms with Crippen LogP contribution < -0.4 is 0 Å². The van der Waals surface area contributed by atoms with Crippen LogP contribution in [0.1, 0.15) is 22.7 Å². The van der Waals surface area contributed by atoms with Crippen LogP contribution in [0.5, 0.6) is 5.75 Å². The van der Waals surface area contributed by atoms with Crippen molar-refractivity contribution in [1.29, 1.82) is 0 Å². The van der Waals surface area contributed by atoms with E-state index in [4.69, 9.17) is 0 Å². The fourth-order valence-electron chi connectivity index (χ4n) is 4.19. The van der Waals surface area contributed by atoms with Crippen molar-refractivity contribution in [3.8, 4) is 17.0 Å². The Morgan fingerprint density at radius 2 is 1.87 bits per heavy atom. The van der Waals surface area contributed by atoms with Crippen LogP contribution in [0.3, 0.4) is 0 Å². The molecule has 0 unspecified atom stereocenters. The summed E-state index contributed by atoms with van der Waals surface area (Å²) in [6.45, 7) is 4.88. The molecule has 1 aliphatic heterocycles. The summed E-state index contributed by atoms with van der Waals surface area (Å²) in [5.41, 5.74) is 5.44. The second kappa shape index (κ2) is 7.72. The molecule has 0 atom stereocenters. The molecule has 0 bridgehead atoms. The third-order valence-electron chi connectivity index (χ3n) is 5.88. The number of aromatic amines is 1. The van der Waals surface area contributed by atoms with Gasteiger partial charge in [0.15, 0.2) is 5.65 Å². The van der Waals surface area contributed by atoms with Gasteiger partial charge in [-0.25, -0.2) is 0 Å². The van der Waals surface area contributed by atoms with Gasteiger partial charge >= 0.3 is 0 Å². The first kappa shape index (κ1) is 19.1. The number of H-pyrrole nitrogens is 1. The topological polar surface area (TPSA) is 82.1 Å². The quantitative estimate of drug-likeness (QED) is 0.487. The largest absolute Gasteiger partial charge is 0.507 e. The molecule has 0 aliphatic carbocycles. The molecule has 154 valence electrons. The molecule has 6 heteroatoms. The standard InChI is InChI=1S/C25H22N4O2/c1-2-23(31)29-14-17(15-29)24-19(12-16-8-4-3-5-9-16)20-13-21(27-28-25(20)26-24)18-10-6-7-11-22(18)30/h2-11,13,17,30H,1,12,14-15H2,(H,26,28). The number of phenolic OH excluding ortho intramolecular Hbond substituents is 1. The highest BCUT2D eigenvalue weighted by Gasteiger charge is 2.34. The van der Waals surface area contributed by atoms with Crippen LogP contribution in [0, 0.1) is 0 Å². The van der Waals surface area contributed by atoms with E-state index >= 15 is 0 Å². The number of nitrogens with one attached hydrogen (secondary N) is 1. The lowest BCUT2D eigenvalue weighted by molar-refractivity contribution is -0.130. The summed E-state index contributed by atoms with van der Waals surface area (Å²) in [5, 5.41) is 20.0. The van der Waals surface area contributed by atoms with Gasteiger partial charge in [0.25, 0.3) is 0 Å². The Morgan fingerprint density at radius 3 is 2.61 bits per heavy atom. The summed E-state index contributed by atoms with van der Waals surface area (Å²) in [5.74, 6) is 0.345. The smallest absolute Gasteiger partial charge is 0.245 e. The van der Waals surface area contributed by atoms with Crippen LogP contribution in [-0.4, -0.2) is 44.2 Å². The number of phenols is 1. The normalized spacial score (nSPS) is 13.9. The zero-order chi connectivity index (χ0) is 21.4. The van der Waals surface area contributed by atoms with E-state index < -0.39 is 0 Å². The summed E-state index contributed by atoms with van der Waals surface area (Å²) < 4.78 is 0. The molecule has 0 spiro atoms. The molecule has 3 heterocycles. The molecule has 31 heavy (non-hydrogen) atoms. The molecule has 6 nitrogen and oxygen atoms in total. The van der Waals surface area contributed by atoms with Crippen LogP contribution in [0.15, 0.2) is 73.3 Å². The summed E-state index contributed by atoms with van der Waals surface area (Å²) in [4.78, 5) is 17.1. The van der Waals surface area contributed by atoms with Gasteiger partial charge in [-0.2, -0.15) is 0 Å². The molecule has 2 aromatic heterocycles. The zero-order valence-corrected chi connectivity index (χ0v) is 17.0. The van der Waals surface area contributed by atoms with Crippen molar-refractivity contribution in [2.45, 2.75) is 12.3 Å². The number of rotatable bonds is 5. The number of likely N-dealkylation sites (tertiary alicyclic amines) is 1. The Morgan fingerprint density at radius 1 is 1.13 bits per heavy atom. The molecule has 0 saturated carbocycles. The first-order valence-electron chi connectivity index (χ1n) is 10.3. The van der Waals surface area contributed by atoms with Crippen molar-refractivity contribution in [1.82, 2.24) is 20.1 Å². The lowest BCUT2D eigenvalue weighted by Gasteiger charge is -2.38. The first-order chi connectivity index (χ1) is 15.1. The molecule has 0 radical (unpaired) electrons. The molecule has 5 rings (SSSR count). The highest BCUT2D eigenvalue weighted by Crippen LogP contribution is 2.36. The summed E-state index contributed by atoms with van der Waals surface area (Å²) in [6.07, 6.45) is 2.10. The maximum Gasteiger partial charge on any atom is 0.245 e. The number of para-hydroxylation sites is 1. The fourth-order valence-corrected chi connectivity index (χ4v) is 4.19. The second-order valence-electron chi connectivity index (χ2n) is 7.83. The van der Waals surface area contributed by atoms with Gasteiger partial charge in [0.05, 0.1) is 5.69 Å². The van der Waals surface area contributed by atoms with Gasteiger partial charge in [-0.05, 0) is 41.8 Å². The predicted octanol–water partition coefficient (Wildman–Crippen LogP) is 4.03. The Labute approximate surface area is 179 Å². The number of carbonyl (C=O) groups is 1. The van der Waals surface area contributed by atoms with E-state index in [0.29, 0.717) is 30.0 Å². The van der Waals surface area contributed by atoms with Gasteiger partial charge < -0.3 is 15.0 Å². The van der Waals surface area contributed by atoms with Crippen LogP contribution in [0.4, 0.5) is 0 Å². The molecule has 1 aliphatic rings. The molecule has 4 aromatic rings. The van der Waals surface area contributed by atoms with Gasteiger partial charge in [0.1, 0.15) is 5.75 Å². The summed E-state index contributed by atoms with van der Waals surface area (Å²) >= 11 is 0. The van der Waals surface area contributed by atoms with E-state index in [1.54, 1.807) is 17.0 Å². The third-order valence-corrected chi connectivity index (χ3v) is 5.88. The maximum absolute atomic E-state index is 11.9. The van der Waals surface area contributed by atoms with E-state index in [-0.39, 0.29) is 17.6 Å². The van der Waals surface area contributed by atoms with E-state index in [9.17, 15) is 9.90 Å². The van der Waals surface area contributed by atoms with Gasteiger partial charge in [0.2, 0.25) is 5.91 Å². The van der Waals surface area contributed by atoms with E-state index in [0.717, 1.165) is 23.1 Å². The van der Waals surface area contributed by atoms with E-state index in [1.807, 2.05) is 36.4 Å². The number of benzene rings is 2. The lowest BCUT2D eigenvalue weighted by Crippen LogP contribution is -2.48. The maximum atomic E-state index is 11.9. The Bertz CT molecular complexity index is 1270. The Kier molecular flexibility index (Phi) is 4.75. The molecular formula is C25H22N4O2. The highest BCUT2D eigenvalue weighted by molar-refractivity contribution is 5.88. The second-order valence-corrected chi connectivity index (χ2v) is 7.83. The number of aromatic nitrogens is 3. The molecule has 2 aromatic carbocycles. The Balaban J connectivity index is 1.59. The van der Waals surface area contributed by atoms with Crippen molar-refractivity contribution in [3.05, 3.63) is 90.1 Å². The highest BCUT2D eigenvalue weighted by atomic mass is 16.3. The number of hydrogen-bond acceptors (Lipinski definition) is 4. The average Bonchev–Trinajstić information content (AvgIpc) is 3.11. The van der Waals surface area contributed by atoms with Crippen LogP contribution in [0.2, 0.25) is 0 Å². The number of hydrogen-bond donors (Lipinski definition) is 2. The van der Waals surface area contributed by atoms with Crippen molar-refractivity contribution in [2.24, 2.45) is 0 Å². The monoisotopic (exact) mass is 410 g/mol. The Hall–Kier alpha value is -3.93. The SMILES string of the molecule is C=CC(=O)N1CC(c2[nH]c3nnc(-c4ccccc4O)cc3c2Cc2ccccc2)C1. The lowest BCUT2D eigenvalue weighted by atomic mass is 9.90. The number of fused-ring (bicyclic) bond motifs is 1. The van der Waals surface area contributed by atoms with Gasteiger partial charge in [-0.3, -0.25) is 4.79 Å². The number of aromatic hydroxyl groups is 1. The number of amides is 1. The van der Waals surface area contributed by atoms with Gasteiger partial charge in [-0.1, -0.05) is 49.0 Å². The average molecular weight is 410 g/mol. The zero-order valence-electron chi connectivity index (χ0n) is 17.0. The molecular weight excluding hydrogens is 388 g/mol. The first-order valence-corrected chi connectivity index (χ1v) is 10.3. The summed E-state index contributed by atoms with van der Waals surface area (Å²) in [7, 11) is 0. The van der Waals surface area contributed by atoms with Crippen LogP contribution >= 0.6 is 0 Å². The molecule has 1 fully saturated rings. The number of carbonyl (C=O) groups excluding carboxylic acids is 1. The summed E-state index contributed by atoms with van der Waals surface area (Å²) in [6, 6.07) is 19.4. The van der Waals surface area contributed by atoms with Crippen LogP contribution in [0.25, 0.3) is 22.3 Å². The molecule has 2 N–H and O–H groups in total. The minimum absolute atomic E-state index is 0.0430. The van der Waals surface area contributed by atoms with Crippen molar-refractivity contribution >= 4 is 16.9 Å². The number of nitrogens with zero attached hydrogens (tertiary/aromatic N) is 3. The van der Waals surface area contributed by atoms with E-state index in [2.05, 4.69) is 33.9 Å². The predicted molar refractivity (Wildman–Crippen MR) is 120 cm³/mol. The minimum Gasteiger partial charge on any atom is -0.507 e. The fraction of sp³-hybridized carbons (Fsp3) is 0.160. The van der Waals surface area contributed by atoms with Gasteiger partial charge in [-0.15, -0.1) is 10.2 Å². The molecule has 1 amide bonds. The van der Waals surface area contributed by atoms with Crippen LogP contribution in [-0.2, 0) is 11.2 Å². The van der Waals surface area contributed by atoms with Gasteiger partial charge in [0, 0.05) is 35.7 Å². The van der Waals surface area contributed by atoms with Crippen molar-refractivity contribution in [3.63, 3.8) is 0 Å². The van der Waals surface area contributed by atoms with Crippen molar-refractivity contribution in [2.75, 3.05) is 13.1 Å². The van der Waals surface area contributed by atoms with Crippen molar-refractivity contribution < 1.29 is 9.90 Å².